The molecule has 75 heavy (non-hydrogen) atoms. The SMILES string of the molecule is CCc1c2c(nc3ccc(OC(=O)N4CCN(C(=O)OCc5ccc(NC(=O)[C@H](CCCNC(N)=O)NC(=O)[C@@H](NC(=O)CCC(=O)C(C)C)C(C)C)cc5)CC4)cc13)-c1cc3c(c(=O)n1C2)COC(=O)[C@]3(O)CC. The predicted molar refractivity (Wildman–Crippen MR) is 273 cm³/mol. The van der Waals surface area contributed by atoms with Gasteiger partial charge in [0, 0.05) is 73.7 Å². The number of carbonyl (C=O) groups is 8. The van der Waals surface area contributed by atoms with Crippen LogP contribution in [0.5, 0.6) is 5.75 Å². The molecule has 3 aliphatic heterocycles. The second kappa shape index (κ2) is 23.5. The molecule has 400 valence electrons. The summed E-state index contributed by atoms with van der Waals surface area (Å²) in [6.07, 6.45) is -0.219. The molecule has 7 amide bonds. The highest BCUT2D eigenvalue weighted by Crippen LogP contribution is 2.41. The molecular weight excluding hydrogens is 971 g/mol. The number of fused-ring (bicyclic) bond motifs is 5. The van der Waals surface area contributed by atoms with Gasteiger partial charge in [-0.25, -0.2) is 24.2 Å². The molecule has 4 aromatic rings. The van der Waals surface area contributed by atoms with Crippen LogP contribution in [-0.2, 0) is 65.2 Å². The summed E-state index contributed by atoms with van der Waals surface area (Å²) in [7, 11) is 0. The number of piperazine rings is 1. The van der Waals surface area contributed by atoms with Crippen LogP contribution in [0.1, 0.15) is 101 Å². The average molecular weight is 1040 g/mol. The van der Waals surface area contributed by atoms with Crippen molar-refractivity contribution in [1.82, 2.24) is 35.3 Å². The smallest absolute Gasteiger partial charge is 0.415 e. The van der Waals surface area contributed by atoms with Crippen LogP contribution in [0.3, 0.4) is 0 Å². The summed E-state index contributed by atoms with van der Waals surface area (Å²) in [5.41, 5.74) is 7.77. The maximum absolute atomic E-state index is 13.7. The van der Waals surface area contributed by atoms with Crippen LogP contribution < -0.4 is 37.3 Å². The summed E-state index contributed by atoms with van der Waals surface area (Å²) in [5, 5.41) is 22.7. The Balaban J connectivity index is 0.905. The van der Waals surface area contributed by atoms with E-state index in [0.29, 0.717) is 34.6 Å². The molecule has 1 saturated heterocycles. The first-order valence-corrected chi connectivity index (χ1v) is 25.3. The second-order valence-corrected chi connectivity index (χ2v) is 19.5. The highest BCUT2D eigenvalue weighted by Gasteiger charge is 2.45. The van der Waals surface area contributed by atoms with E-state index < -0.39 is 59.6 Å². The molecular formula is C53H65N9O13. The number of rotatable bonds is 19. The van der Waals surface area contributed by atoms with Gasteiger partial charge < -0.3 is 60.7 Å². The third-order valence-electron chi connectivity index (χ3n) is 13.8. The second-order valence-electron chi connectivity index (χ2n) is 19.5. The fraction of sp³-hybridized carbons (Fsp3) is 0.472. The lowest BCUT2D eigenvalue weighted by atomic mass is 9.86. The number of esters is 1. The van der Waals surface area contributed by atoms with Crippen LogP contribution in [-0.4, -0.2) is 117 Å². The van der Waals surface area contributed by atoms with Gasteiger partial charge in [-0.3, -0.25) is 24.0 Å². The molecule has 0 radical (unpaired) electrons. The van der Waals surface area contributed by atoms with Crippen LogP contribution >= 0.6 is 0 Å². The zero-order valence-corrected chi connectivity index (χ0v) is 43.0. The molecule has 7 N–H and O–H groups in total. The minimum Gasteiger partial charge on any atom is -0.458 e. The molecule has 2 aromatic carbocycles. The molecule has 5 heterocycles. The molecule has 22 heteroatoms. The Morgan fingerprint density at radius 1 is 0.867 bits per heavy atom. The number of hydrogen-bond donors (Lipinski definition) is 6. The summed E-state index contributed by atoms with van der Waals surface area (Å²) >= 11 is 0. The van der Waals surface area contributed by atoms with Gasteiger partial charge in [-0.2, -0.15) is 0 Å². The number of carbonyl (C=O) groups excluding carboxylic acids is 8. The Morgan fingerprint density at radius 3 is 2.20 bits per heavy atom. The van der Waals surface area contributed by atoms with Gasteiger partial charge in [-0.05, 0) is 79.1 Å². The van der Waals surface area contributed by atoms with Crippen LogP contribution in [0.2, 0.25) is 0 Å². The summed E-state index contributed by atoms with van der Waals surface area (Å²) < 4.78 is 18.2. The largest absolute Gasteiger partial charge is 0.458 e. The summed E-state index contributed by atoms with van der Waals surface area (Å²) in [5.74, 6) is -2.78. The number of nitrogens with one attached hydrogen (secondary N) is 4. The topological polar surface area (TPSA) is 300 Å². The van der Waals surface area contributed by atoms with Crippen molar-refractivity contribution in [3.63, 3.8) is 0 Å². The van der Waals surface area contributed by atoms with Crippen LogP contribution in [0, 0.1) is 11.8 Å². The number of pyridine rings is 2. The normalized spacial score (nSPS) is 16.5. The van der Waals surface area contributed by atoms with Crippen LogP contribution in [0.4, 0.5) is 20.1 Å². The van der Waals surface area contributed by atoms with Crippen molar-refractivity contribution in [2.24, 2.45) is 17.6 Å². The number of Topliss-reactive ketones (excluding diaryl/α,β-unsaturated/α-hetero) is 1. The number of aryl methyl sites for hydroxylation is 1. The Labute approximate surface area is 433 Å². The predicted octanol–water partition coefficient (Wildman–Crippen LogP) is 4.11. The molecule has 7 rings (SSSR count). The van der Waals surface area contributed by atoms with Crippen LogP contribution in [0.25, 0.3) is 22.3 Å². The number of benzene rings is 2. The maximum atomic E-state index is 13.7. The lowest BCUT2D eigenvalue weighted by Gasteiger charge is -2.33. The van der Waals surface area contributed by atoms with Gasteiger partial charge in [0.2, 0.25) is 17.7 Å². The molecule has 0 bridgehead atoms. The number of hydrogen-bond acceptors (Lipinski definition) is 14. The first kappa shape index (κ1) is 54.9. The molecule has 0 spiro atoms. The number of nitrogens with zero attached hydrogens (tertiary/aromatic N) is 4. The monoisotopic (exact) mass is 1040 g/mol. The quantitative estimate of drug-likeness (QED) is 0.0501. The molecule has 0 saturated carbocycles. The zero-order chi connectivity index (χ0) is 54.3. The highest BCUT2D eigenvalue weighted by molar-refractivity contribution is 5.99. The number of anilines is 1. The van der Waals surface area contributed by atoms with E-state index in [9.17, 15) is 48.3 Å². The van der Waals surface area contributed by atoms with E-state index in [0.717, 1.165) is 16.5 Å². The maximum Gasteiger partial charge on any atom is 0.415 e. The number of nitrogens with two attached hydrogens (primary N) is 1. The summed E-state index contributed by atoms with van der Waals surface area (Å²) in [6.45, 7) is 11.4. The number of amides is 7. The molecule has 3 aliphatic rings. The lowest BCUT2D eigenvalue weighted by Crippen LogP contribution is -2.54. The van der Waals surface area contributed by atoms with E-state index in [1.807, 2.05) is 6.92 Å². The molecule has 0 aliphatic carbocycles. The van der Waals surface area contributed by atoms with Crippen molar-refractivity contribution in [2.75, 3.05) is 38.0 Å². The van der Waals surface area contributed by atoms with Gasteiger partial charge in [0.1, 0.15) is 36.8 Å². The van der Waals surface area contributed by atoms with Crippen LogP contribution in [0.15, 0.2) is 53.3 Å². The van der Waals surface area contributed by atoms with Crippen molar-refractivity contribution < 1.29 is 57.7 Å². The van der Waals surface area contributed by atoms with Crippen molar-refractivity contribution >= 4 is 64.3 Å². The average Bonchev–Trinajstić information content (AvgIpc) is 3.79. The van der Waals surface area contributed by atoms with E-state index in [2.05, 4.69) is 21.3 Å². The number of aromatic nitrogens is 2. The molecule has 2 aromatic heterocycles. The van der Waals surface area contributed by atoms with E-state index in [4.69, 9.17) is 24.9 Å². The standard InChI is InChI=1S/C53H65N9O13/c1-7-34-35-24-33(15-16-39(35)57-45-36(34)26-62-41(45)25-38-37(48(62)67)28-73-49(68)53(38,72)8-2)75-52(71)61-22-20-60(21-23-61)51(70)74-27-31-11-13-32(14-12-31)56-46(65)40(10-9-19-55-50(54)69)58-47(66)44(30(5)6)59-43(64)18-17-42(63)29(3)4/h11-16,24-25,29-30,40,44,72H,7-10,17-23,26-28H2,1-6H3,(H,56,65)(H,58,66)(H,59,64)(H3,54,55,69)/t40-,44-,53-/m0/s1. The number of ether oxygens (including phenoxy) is 3. The Morgan fingerprint density at radius 2 is 1.56 bits per heavy atom. The van der Waals surface area contributed by atoms with E-state index in [1.54, 1.807) is 87.7 Å². The van der Waals surface area contributed by atoms with Gasteiger partial charge in [0.15, 0.2) is 5.60 Å². The minimum absolute atomic E-state index is 0.0313. The summed E-state index contributed by atoms with van der Waals surface area (Å²) in [6, 6.07) is 10.5. The Kier molecular flexibility index (Phi) is 17.2. The zero-order valence-electron chi connectivity index (χ0n) is 43.0. The van der Waals surface area contributed by atoms with E-state index in [1.165, 1.54) is 9.80 Å². The molecule has 22 nitrogen and oxygen atoms in total. The van der Waals surface area contributed by atoms with E-state index >= 15 is 0 Å². The first-order chi connectivity index (χ1) is 35.7. The van der Waals surface area contributed by atoms with Gasteiger partial charge in [0.05, 0.1) is 29.0 Å². The Bertz CT molecular complexity index is 2950. The van der Waals surface area contributed by atoms with Crippen molar-refractivity contribution in [1.29, 1.82) is 0 Å². The van der Waals surface area contributed by atoms with Crippen molar-refractivity contribution in [3.05, 3.63) is 86.7 Å². The summed E-state index contributed by atoms with van der Waals surface area (Å²) in [4.78, 5) is 124. The number of ketones is 1. The van der Waals surface area contributed by atoms with Gasteiger partial charge >= 0.3 is 24.2 Å². The fourth-order valence-electron chi connectivity index (χ4n) is 9.35. The molecule has 0 unspecified atom stereocenters. The third kappa shape index (κ3) is 12.4. The first-order valence-electron chi connectivity index (χ1n) is 25.3. The van der Waals surface area contributed by atoms with Crippen molar-refractivity contribution in [3.8, 4) is 17.1 Å². The number of urea groups is 1. The number of primary amides is 1. The molecule has 3 atom stereocenters. The number of aliphatic hydroxyl groups is 1. The third-order valence-corrected chi connectivity index (χ3v) is 13.8. The molecule has 1 fully saturated rings. The van der Waals surface area contributed by atoms with Gasteiger partial charge in [-0.1, -0.05) is 53.7 Å². The minimum atomic E-state index is -1.94. The van der Waals surface area contributed by atoms with E-state index in [-0.39, 0.29) is 125 Å². The lowest BCUT2D eigenvalue weighted by molar-refractivity contribution is -0.172. The van der Waals surface area contributed by atoms with Gasteiger partial charge in [0.25, 0.3) is 5.56 Å². The van der Waals surface area contributed by atoms with Gasteiger partial charge in [-0.15, -0.1) is 0 Å². The Hall–Kier alpha value is -7.88. The van der Waals surface area contributed by atoms with Crippen molar-refractivity contribution in [2.45, 2.75) is 118 Å². The highest BCUT2D eigenvalue weighted by atomic mass is 16.6. The number of cyclic esters (lactones) is 1. The fourth-order valence-corrected chi connectivity index (χ4v) is 9.35.